The van der Waals surface area contributed by atoms with Crippen molar-refractivity contribution < 1.29 is 4.39 Å². The molecule has 4 nitrogen and oxygen atoms in total. The summed E-state index contributed by atoms with van der Waals surface area (Å²) in [6.45, 7) is 5.34. The van der Waals surface area contributed by atoms with Gasteiger partial charge in [0.15, 0.2) is 0 Å². The van der Waals surface area contributed by atoms with E-state index in [4.69, 9.17) is 4.98 Å². The molecule has 0 amide bonds. The molecule has 3 aliphatic heterocycles. The average Bonchev–Trinajstić information content (AvgIpc) is 3.19. The van der Waals surface area contributed by atoms with Crippen LogP contribution in [-0.2, 0) is 0 Å². The van der Waals surface area contributed by atoms with Gasteiger partial charge in [-0.2, -0.15) is 0 Å². The van der Waals surface area contributed by atoms with Gasteiger partial charge in [0.05, 0.1) is 6.04 Å². The first-order valence-electron chi connectivity index (χ1n) is 10.8. The Bertz CT molecular complexity index is 820. The molecule has 2 aromatic rings. The lowest BCUT2D eigenvalue weighted by Gasteiger charge is -2.38. The highest BCUT2D eigenvalue weighted by Gasteiger charge is 2.39. The summed E-state index contributed by atoms with van der Waals surface area (Å²) in [6, 6.07) is 11.9. The maximum Gasteiger partial charge on any atom is 0.130 e. The van der Waals surface area contributed by atoms with Crippen molar-refractivity contribution >= 4 is 17.2 Å². The van der Waals surface area contributed by atoms with Gasteiger partial charge in [-0.1, -0.05) is 6.07 Å². The van der Waals surface area contributed by atoms with E-state index in [0.29, 0.717) is 12.0 Å². The number of benzene rings is 1. The van der Waals surface area contributed by atoms with E-state index in [-0.39, 0.29) is 5.82 Å². The lowest BCUT2D eigenvalue weighted by molar-refractivity contribution is 0.385. The maximum absolute atomic E-state index is 13.8. The molecule has 0 spiro atoms. The summed E-state index contributed by atoms with van der Waals surface area (Å²) in [7, 11) is 0. The number of aromatic nitrogens is 1. The van der Waals surface area contributed by atoms with Gasteiger partial charge in [0, 0.05) is 56.4 Å². The van der Waals surface area contributed by atoms with Gasteiger partial charge < -0.3 is 14.7 Å². The number of fused-ring (bicyclic) bond motifs is 1. The number of hydrogen-bond acceptors (Lipinski definition) is 4. The maximum atomic E-state index is 13.8. The van der Waals surface area contributed by atoms with Crippen LogP contribution in [0.2, 0.25) is 0 Å². The summed E-state index contributed by atoms with van der Waals surface area (Å²) < 4.78 is 13.8. The molecule has 1 aromatic heterocycles. The molecule has 2 atom stereocenters. The highest BCUT2D eigenvalue weighted by molar-refractivity contribution is 5.57. The zero-order chi connectivity index (χ0) is 18.9. The number of rotatable bonds is 3. The van der Waals surface area contributed by atoms with Gasteiger partial charge in [-0.05, 0) is 62.3 Å². The van der Waals surface area contributed by atoms with Crippen molar-refractivity contribution in [2.75, 3.05) is 47.4 Å². The largest absolute Gasteiger partial charge is 0.371 e. The third-order valence-corrected chi connectivity index (χ3v) is 6.69. The summed E-state index contributed by atoms with van der Waals surface area (Å²) in [5, 5.41) is 0. The fourth-order valence-corrected chi connectivity index (χ4v) is 5.27. The molecule has 1 aromatic carbocycles. The van der Waals surface area contributed by atoms with Crippen LogP contribution < -0.4 is 14.7 Å². The molecular formula is C23H29FN4. The second-order valence-corrected chi connectivity index (χ2v) is 8.47. The molecule has 0 aliphatic carbocycles. The van der Waals surface area contributed by atoms with E-state index in [1.165, 1.54) is 43.9 Å². The van der Waals surface area contributed by atoms with Crippen LogP contribution in [0, 0.1) is 11.7 Å². The molecule has 148 valence electrons. The molecule has 4 heterocycles. The molecule has 3 aliphatic rings. The molecular weight excluding hydrogens is 351 g/mol. The molecule has 0 radical (unpaired) electrons. The minimum absolute atomic E-state index is 0.148. The van der Waals surface area contributed by atoms with E-state index in [0.717, 1.165) is 44.2 Å². The van der Waals surface area contributed by atoms with Gasteiger partial charge in [0.1, 0.15) is 11.6 Å². The first kappa shape index (κ1) is 17.8. The fraction of sp³-hybridized carbons (Fsp3) is 0.522. The van der Waals surface area contributed by atoms with E-state index in [1.807, 2.05) is 18.3 Å². The monoisotopic (exact) mass is 380 g/mol. The van der Waals surface area contributed by atoms with E-state index >= 15 is 0 Å². The lowest BCUT2D eigenvalue weighted by atomic mass is 9.91. The summed E-state index contributed by atoms with van der Waals surface area (Å²) in [5.41, 5.74) is 2.33. The lowest BCUT2D eigenvalue weighted by Crippen LogP contribution is -2.45. The Morgan fingerprint density at radius 3 is 2.61 bits per heavy atom. The van der Waals surface area contributed by atoms with Gasteiger partial charge in [-0.15, -0.1) is 0 Å². The zero-order valence-electron chi connectivity index (χ0n) is 16.4. The summed E-state index contributed by atoms with van der Waals surface area (Å²) in [5.74, 6) is 1.57. The Morgan fingerprint density at radius 2 is 1.75 bits per heavy atom. The van der Waals surface area contributed by atoms with Gasteiger partial charge in [0.2, 0.25) is 0 Å². The zero-order valence-corrected chi connectivity index (χ0v) is 16.4. The van der Waals surface area contributed by atoms with Crippen LogP contribution in [0.5, 0.6) is 0 Å². The van der Waals surface area contributed by atoms with Crippen molar-refractivity contribution in [3.63, 3.8) is 0 Å². The Kier molecular flexibility index (Phi) is 4.83. The Labute approximate surface area is 167 Å². The first-order valence-corrected chi connectivity index (χ1v) is 10.8. The highest BCUT2D eigenvalue weighted by Crippen LogP contribution is 2.36. The molecule has 3 saturated heterocycles. The number of pyridine rings is 1. The summed E-state index contributed by atoms with van der Waals surface area (Å²) in [6.07, 6.45) is 8.30. The smallest absolute Gasteiger partial charge is 0.130 e. The van der Waals surface area contributed by atoms with Crippen LogP contribution in [-0.4, -0.2) is 43.7 Å². The molecule has 0 saturated carbocycles. The molecule has 5 heteroatoms. The van der Waals surface area contributed by atoms with Gasteiger partial charge in [-0.3, -0.25) is 0 Å². The van der Waals surface area contributed by atoms with Crippen LogP contribution in [0.25, 0.3) is 0 Å². The van der Waals surface area contributed by atoms with Crippen molar-refractivity contribution in [1.29, 1.82) is 0 Å². The molecule has 3 fully saturated rings. The average molecular weight is 381 g/mol. The molecule has 0 N–H and O–H groups in total. The minimum Gasteiger partial charge on any atom is -0.371 e. The van der Waals surface area contributed by atoms with Crippen molar-refractivity contribution in [3.8, 4) is 0 Å². The normalized spacial score (nSPS) is 25.1. The predicted octanol–water partition coefficient (Wildman–Crippen LogP) is 4.32. The van der Waals surface area contributed by atoms with Crippen molar-refractivity contribution in [1.82, 2.24) is 4.98 Å². The van der Waals surface area contributed by atoms with E-state index in [2.05, 4.69) is 26.8 Å². The van der Waals surface area contributed by atoms with Crippen molar-refractivity contribution in [2.45, 2.75) is 38.1 Å². The van der Waals surface area contributed by atoms with Crippen LogP contribution >= 0.6 is 0 Å². The van der Waals surface area contributed by atoms with Crippen molar-refractivity contribution in [2.24, 2.45) is 5.92 Å². The van der Waals surface area contributed by atoms with Crippen LogP contribution in [0.15, 0.2) is 42.6 Å². The summed E-state index contributed by atoms with van der Waals surface area (Å²) >= 11 is 0. The van der Waals surface area contributed by atoms with Crippen LogP contribution in [0.1, 0.15) is 32.1 Å². The molecule has 0 bridgehead atoms. The quantitative estimate of drug-likeness (QED) is 0.791. The standard InChI is InChI=1S/C23H29FN4/c24-19-7-4-8-21(14-19)28-13-5-6-18-16-27(17-22(18)28)23-15-20(9-10-25-23)26-11-2-1-3-12-26/h4,7-10,14-15,18,22H,1-3,5-6,11-13,16-17H2/t18-,22+/m1/s1. The number of hydrogen-bond donors (Lipinski definition) is 0. The first-order chi connectivity index (χ1) is 13.8. The Balaban J connectivity index is 1.36. The molecule has 28 heavy (non-hydrogen) atoms. The minimum atomic E-state index is -0.148. The number of anilines is 3. The number of nitrogens with zero attached hydrogens (tertiary/aromatic N) is 4. The second kappa shape index (κ2) is 7.61. The van der Waals surface area contributed by atoms with Gasteiger partial charge in [0.25, 0.3) is 0 Å². The topological polar surface area (TPSA) is 22.6 Å². The van der Waals surface area contributed by atoms with Crippen LogP contribution in [0.4, 0.5) is 21.6 Å². The molecule has 5 rings (SSSR count). The van der Waals surface area contributed by atoms with Crippen molar-refractivity contribution in [3.05, 3.63) is 48.4 Å². The second-order valence-electron chi connectivity index (χ2n) is 8.47. The SMILES string of the molecule is Fc1cccc(N2CCC[C@@H]3CN(c4cc(N5CCCCC5)ccn4)C[C@@H]32)c1. The van der Waals surface area contributed by atoms with E-state index < -0.39 is 0 Å². The Hall–Kier alpha value is -2.30. The summed E-state index contributed by atoms with van der Waals surface area (Å²) in [4.78, 5) is 12.1. The van der Waals surface area contributed by atoms with E-state index in [1.54, 1.807) is 6.07 Å². The van der Waals surface area contributed by atoms with Gasteiger partial charge in [-0.25, -0.2) is 9.37 Å². The predicted molar refractivity (Wildman–Crippen MR) is 113 cm³/mol. The fourth-order valence-electron chi connectivity index (χ4n) is 5.27. The number of piperidine rings is 2. The number of halogens is 1. The third-order valence-electron chi connectivity index (χ3n) is 6.69. The van der Waals surface area contributed by atoms with Gasteiger partial charge >= 0.3 is 0 Å². The Morgan fingerprint density at radius 1 is 0.857 bits per heavy atom. The van der Waals surface area contributed by atoms with Crippen LogP contribution in [0.3, 0.4) is 0 Å². The molecule has 0 unspecified atom stereocenters. The third kappa shape index (κ3) is 3.43. The highest BCUT2D eigenvalue weighted by atomic mass is 19.1. The van der Waals surface area contributed by atoms with E-state index in [9.17, 15) is 4.39 Å².